The second-order valence-corrected chi connectivity index (χ2v) is 12.0. The van der Waals surface area contributed by atoms with Crippen molar-refractivity contribution in [2.24, 2.45) is 0 Å². The number of fused-ring (bicyclic) bond motifs is 1. The van der Waals surface area contributed by atoms with Crippen molar-refractivity contribution in [1.29, 1.82) is 0 Å². The van der Waals surface area contributed by atoms with Crippen molar-refractivity contribution < 1.29 is 22.7 Å². The Morgan fingerprint density at radius 1 is 0.872 bits per heavy atom. The zero-order chi connectivity index (χ0) is 28.6. The number of rotatable bonds is 15. The van der Waals surface area contributed by atoms with Crippen LogP contribution < -0.4 is 14.4 Å². The lowest BCUT2D eigenvalue weighted by atomic mass is 10.2. The number of aromatic nitrogens is 1. The number of carbonyl (C=O) groups is 1. The van der Waals surface area contributed by atoms with E-state index in [-0.39, 0.29) is 10.8 Å². The molecule has 3 aromatic rings. The molecule has 3 rings (SSSR count). The molecule has 214 valence electrons. The van der Waals surface area contributed by atoms with Gasteiger partial charge in [-0.25, -0.2) is 13.4 Å². The highest BCUT2D eigenvalue weighted by atomic mass is 32.2. The van der Waals surface area contributed by atoms with Crippen LogP contribution in [0.5, 0.6) is 11.5 Å². The van der Waals surface area contributed by atoms with Crippen LogP contribution in [-0.2, 0) is 10.0 Å². The Hall–Kier alpha value is -2.73. The maximum atomic E-state index is 13.8. The minimum atomic E-state index is -3.63. The van der Waals surface area contributed by atoms with Gasteiger partial charge >= 0.3 is 0 Å². The van der Waals surface area contributed by atoms with Gasteiger partial charge in [0.15, 0.2) is 16.6 Å². The fourth-order valence-electron chi connectivity index (χ4n) is 4.35. The van der Waals surface area contributed by atoms with Gasteiger partial charge in [0.25, 0.3) is 5.91 Å². The van der Waals surface area contributed by atoms with E-state index in [9.17, 15) is 13.2 Å². The molecule has 1 amide bonds. The van der Waals surface area contributed by atoms with E-state index in [0.29, 0.717) is 53.9 Å². The van der Waals surface area contributed by atoms with E-state index in [1.54, 1.807) is 37.3 Å². The number of carbonyl (C=O) groups excluding carboxylic acids is 1. The molecule has 2 aromatic carbocycles. The Balaban J connectivity index is 1.97. The first-order valence-corrected chi connectivity index (χ1v) is 15.7. The molecule has 39 heavy (non-hydrogen) atoms. The lowest BCUT2D eigenvalue weighted by Gasteiger charge is -2.25. The van der Waals surface area contributed by atoms with Crippen molar-refractivity contribution in [3.05, 3.63) is 42.0 Å². The van der Waals surface area contributed by atoms with Crippen molar-refractivity contribution in [1.82, 2.24) is 14.2 Å². The highest BCUT2D eigenvalue weighted by Crippen LogP contribution is 2.37. The van der Waals surface area contributed by atoms with Gasteiger partial charge in [-0.05, 0) is 50.2 Å². The quantitative estimate of drug-likeness (QED) is 0.248. The third-order valence-corrected chi connectivity index (χ3v) is 9.53. The summed E-state index contributed by atoms with van der Waals surface area (Å²) in [5.74, 6) is 0.932. The van der Waals surface area contributed by atoms with Crippen molar-refractivity contribution in [3.63, 3.8) is 0 Å². The average molecular weight is 577 g/mol. The first-order valence-electron chi connectivity index (χ1n) is 13.4. The van der Waals surface area contributed by atoms with Crippen LogP contribution in [0.4, 0.5) is 5.13 Å². The molecular formula is C28H40N4O5S2. The summed E-state index contributed by atoms with van der Waals surface area (Å²) in [5, 5.41) is 0.561. The zero-order valence-electron chi connectivity index (χ0n) is 23.8. The Bertz CT molecular complexity index is 1290. The summed E-state index contributed by atoms with van der Waals surface area (Å²) in [6.07, 6.45) is 1.47. The van der Waals surface area contributed by atoms with Crippen LogP contribution in [0.25, 0.3) is 10.2 Å². The number of anilines is 1. The Morgan fingerprint density at radius 2 is 1.46 bits per heavy atom. The number of hydrogen-bond acceptors (Lipinski definition) is 8. The van der Waals surface area contributed by atoms with E-state index in [0.717, 1.165) is 30.6 Å². The second kappa shape index (κ2) is 14.1. The van der Waals surface area contributed by atoms with Crippen LogP contribution >= 0.6 is 11.3 Å². The third kappa shape index (κ3) is 7.08. The molecule has 0 aliphatic carbocycles. The van der Waals surface area contributed by atoms with E-state index in [1.807, 2.05) is 19.9 Å². The Kier molecular flexibility index (Phi) is 11.1. The van der Waals surface area contributed by atoms with Crippen LogP contribution in [-0.4, -0.2) is 82.0 Å². The lowest BCUT2D eigenvalue weighted by Crippen LogP contribution is -2.39. The average Bonchev–Trinajstić information content (AvgIpc) is 3.36. The number of hydrogen-bond donors (Lipinski definition) is 0. The molecule has 0 unspecified atom stereocenters. The van der Waals surface area contributed by atoms with Crippen molar-refractivity contribution in [2.75, 3.05) is 58.4 Å². The first-order chi connectivity index (χ1) is 18.7. The topological polar surface area (TPSA) is 92.3 Å². The minimum Gasteiger partial charge on any atom is -0.493 e. The summed E-state index contributed by atoms with van der Waals surface area (Å²) in [6, 6.07) is 9.90. The molecule has 0 aliphatic rings. The largest absolute Gasteiger partial charge is 0.493 e. The van der Waals surface area contributed by atoms with Gasteiger partial charge in [-0.2, -0.15) is 4.31 Å². The molecule has 1 aromatic heterocycles. The van der Waals surface area contributed by atoms with E-state index in [1.165, 1.54) is 27.8 Å². The van der Waals surface area contributed by atoms with E-state index < -0.39 is 10.0 Å². The zero-order valence-corrected chi connectivity index (χ0v) is 25.4. The summed E-state index contributed by atoms with van der Waals surface area (Å²) in [4.78, 5) is 22.7. The van der Waals surface area contributed by atoms with Gasteiger partial charge in [-0.1, -0.05) is 39.0 Å². The number of nitrogens with zero attached hydrogens (tertiary/aromatic N) is 4. The molecule has 0 saturated carbocycles. The number of benzene rings is 2. The fourth-order valence-corrected chi connectivity index (χ4v) is 6.97. The summed E-state index contributed by atoms with van der Waals surface area (Å²) in [5.41, 5.74) is 1.11. The number of ether oxygens (including phenoxy) is 2. The minimum absolute atomic E-state index is 0.190. The molecule has 1 heterocycles. The van der Waals surface area contributed by atoms with E-state index in [4.69, 9.17) is 14.5 Å². The number of amides is 1. The Morgan fingerprint density at radius 3 is 2.00 bits per heavy atom. The summed E-state index contributed by atoms with van der Waals surface area (Å²) >= 11 is 1.40. The molecule has 11 heteroatoms. The number of sulfonamides is 1. The van der Waals surface area contributed by atoms with Crippen LogP contribution in [0.2, 0.25) is 0 Å². The van der Waals surface area contributed by atoms with Gasteiger partial charge in [0.05, 0.1) is 29.3 Å². The molecular weight excluding hydrogens is 536 g/mol. The molecule has 0 saturated heterocycles. The van der Waals surface area contributed by atoms with Crippen LogP contribution in [0.3, 0.4) is 0 Å². The smallest absolute Gasteiger partial charge is 0.260 e. The lowest BCUT2D eigenvalue weighted by molar-refractivity contribution is 0.0983. The van der Waals surface area contributed by atoms with Gasteiger partial charge in [0, 0.05) is 43.9 Å². The standard InChI is InChI=1S/C28H40N4O5S2/c1-7-15-31(16-8-2)39(34,35)22-13-11-21(12-14-22)27(33)32(18-17-30(9-3)10-4)28-29-23-19-24(36-5)25(37-6)20-26(23)38-28/h11-14,19-20H,7-10,15-18H2,1-6H3. The predicted octanol–water partition coefficient (Wildman–Crippen LogP) is 5.11. The van der Waals surface area contributed by atoms with Gasteiger partial charge in [0.2, 0.25) is 10.0 Å². The highest BCUT2D eigenvalue weighted by Gasteiger charge is 2.26. The van der Waals surface area contributed by atoms with Crippen molar-refractivity contribution in [3.8, 4) is 11.5 Å². The summed E-state index contributed by atoms with van der Waals surface area (Å²) in [7, 11) is -0.475. The number of likely N-dealkylation sites (N-methyl/N-ethyl adjacent to an activating group) is 1. The van der Waals surface area contributed by atoms with Gasteiger partial charge in [0.1, 0.15) is 0 Å². The highest BCUT2D eigenvalue weighted by molar-refractivity contribution is 7.89. The van der Waals surface area contributed by atoms with Crippen molar-refractivity contribution >= 4 is 42.6 Å². The molecule has 0 radical (unpaired) electrons. The second-order valence-electron chi connectivity index (χ2n) is 9.08. The monoisotopic (exact) mass is 576 g/mol. The maximum Gasteiger partial charge on any atom is 0.260 e. The SMILES string of the molecule is CCCN(CCC)S(=O)(=O)c1ccc(C(=O)N(CCN(CC)CC)c2nc3cc(OC)c(OC)cc3s2)cc1. The van der Waals surface area contributed by atoms with E-state index >= 15 is 0 Å². The molecule has 0 spiro atoms. The molecule has 0 aliphatic heterocycles. The van der Waals surface area contributed by atoms with Crippen molar-refractivity contribution in [2.45, 2.75) is 45.4 Å². The maximum absolute atomic E-state index is 13.8. The normalized spacial score (nSPS) is 11.9. The molecule has 9 nitrogen and oxygen atoms in total. The third-order valence-electron chi connectivity index (χ3n) is 6.58. The molecule has 0 fully saturated rings. The summed E-state index contributed by atoms with van der Waals surface area (Å²) < 4.78 is 39.6. The van der Waals surface area contributed by atoms with Crippen LogP contribution in [0.15, 0.2) is 41.3 Å². The Labute approximate surface area is 236 Å². The molecule has 0 atom stereocenters. The predicted molar refractivity (Wildman–Crippen MR) is 158 cm³/mol. The fraction of sp³-hybridized carbons (Fsp3) is 0.500. The number of methoxy groups -OCH3 is 2. The molecule has 0 N–H and O–H groups in total. The number of thiazole rings is 1. The summed E-state index contributed by atoms with van der Waals surface area (Å²) in [6.45, 7) is 11.9. The first kappa shape index (κ1) is 30.8. The van der Waals surface area contributed by atoms with Crippen LogP contribution in [0, 0.1) is 0 Å². The van der Waals surface area contributed by atoms with E-state index in [2.05, 4.69) is 18.7 Å². The van der Waals surface area contributed by atoms with Gasteiger partial charge in [-0.15, -0.1) is 0 Å². The van der Waals surface area contributed by atoms with Gasteiger partial charge < -0.3 is 14.4 Å². The molecule has 0 bridgehead atoms. The van der Waals surface area contributed by atoms with Crippen LogP contribution in [0.1, 0.15) is 50.9 Å². The van der Waals surface area contributed by atoms with Gasteiger partial charge in [-0.3, -0.25) is 9.69 Å².